The number of fused-ring (bicyclic) bond motifs is 4. The van der Waals surface area contributed by atoms with E-state index in [1.54, 1.807) is 6.07 Å². The Hall–Kier alpha value is -1.26. The van der Waals surface area contributed by atoms with Gasteiger partial charge in [0.05, 0.1) is 6.61 Å². The first-order valence-electron chi connectivity index (χ1n) is 12.0. The van der Waals surface area contributed by atoms with Crippen LogP contribution < -0.4 is 4.74 Å². The molecule has 1 aromatic rings. The molecule has 4 nitrogen and oxygen atoms in total. The maximum Gasteiger partial charge on any atom is 0.160 e. The maximum absolute atomic E-state index is 10.8. The lowest BCUT2D eigenvalue weighted by molar-refractivity contribution is -0.327. The van der Waals surface area contributed by atoms with Crippen molar-refractivity contribution >= 4 is 0 Å². The number of phenols is 1. The third-order valence-electron chi connectivity index (χ3n) is 10.7. The number of aliphatic hydroxyl groups excluding tert-OH is 1. The number of hydrogen-bond acceptors (Lipinski definition) is 4. The van der Waals surface area contributed by atoms with Crippen molar-refractivity contribution in [1.82, 2.24) is 0 Å². The van der Waals surface area contributed by atoms with Crippen molar-refractivity contribution in [1.29, 1.82) is 0 Å². The second kappa shape index (κ2) is 5.95. The molecule has 4 heteroatoms. The molecule has 30 heavy (non-hydrogen) atoms. The van der Waals surface area contributed by atoms with Gasteiger partial charge >= 0.3 is 0 Å². The standard InChI is InChI=1S/C26H36O4/c1-23-11-7-20-24(2)9-4-10-26(20,15-29-22(24)28)19(23)8-12-25(3)21(23)14-16-13-17(27)5-6-18(16)30-25/h5-6,13,19-22,27-28H,4,7-12,14-15H2,1-3H3/t19-,20-,21?,22+,23+,24-,25-,26-/m0/s1. The molecule has 1 saturated heterocycles. The zero-order chi connectivity index (χ0) is 20.9. The van der Waals surface area contributed by atoms with E-state index in [1.165, 1.54) is 32.1 Å². The van der Waals surface area contributed by atoms with Gasteiger partial charge < -0.3 is 19.7 Å². The number of hydrogen-bond donors (Lipinski definition) is 2. The second-order valence-electron chi connectivity index (χ2n) is 11.9. The normalized spacial score (nSPS) is 51.6. The first kappa shape index (κ1) is 19.4. The van der Waals surface area contributed by atoms with Crippen LogP contribution in [0.2, 0.25) is 0 Å². The third-order valence-corrected chi connectivity index (χ3v) is 10.7. The van der Waals surface area contributed by atoms with E-state index in [0.29, 0.717) is 23.5 Å². The summed E-state index contributed by atoms with van der Waals surface area (Å²) in [7, 11) is 0. The van der Waals surface area contributed by atoms with Crippen LogP contribution in [0.1, 0.15) is 71.3 Å². The van der Waals surface area contributed by atoms with Gasteiger partial charge in [0.15, 0.2) is 6.29 Å². The Morgan fingerprint density at radius 3 is 2.53 bits per heavy atom. The predicted octanol–water partition coefficient (Wildman–Crippen LogP) is 5.05. The van der Waals surface area contributed by atoms with Crippen molar-refractivity contribution in [3.05, 3.63) is 23.8 Å². The summed E-state index contributed by atoms with van der Waals surface area (Å²) in [5.74, 6) is 2.89. The van der Waals surface area contributed by atoms with Crippen molar-refractivity contribution in [3.63, 3.8) is 0 Å². The molecule has 4 fully saturated rings. The van der Waals surface area contributed by atoms with Gasteiger partial charge in [0.1, 0.15) is 17.1 Å². The Labute approximate surface area is 180 Å². The molecule has 164 valence electrons. The van der Waals surface area contributed by atoms with E-state index in [4.69, 9.17) is 9.47 Å². The molecule has 6 rings (SSSR count). The molecule has 1 unspecified atom stereocenters. The molecular weight excluding hydrogens is 376 g/mol. The zero-order valence-corrected chi connectivity index (χ0v) is 18.6. The number of ether oxygens (including phenoxy) is 2. The first-order valence-corrected chi connectivity index (χ1v) is 12.0. The van der Waals surface area contributed by atoms with Crippen LogP contribution in [0.4, 0.5) is 0 Å². The van der Waals surface area contributed by atoms with E-state index in [2.05, 4.69) is 20.8 Å². The SMILES string of the molecule is C[C@@]12CCC[C@]3(CO[C@H]1O)[C@H]1CC[C@]4(C)Oc5ccc(O)cc5CC4[C@]1(C)CC[C@@H]23. The molecule has 3 saturated carbocycles. The monoisotopic (exact) mass is 412 g/mol. The molecule has 8 atom stereocenters. The molecular formula is C26H36O4. The van der Waals surface area contributed by atoms with E-state index in [0.717, 1.165) is 37.2 Å². The molecule has 2 aliphatic heterocycles. The molecule has 3 aliphatic carbocycles. The second-order valence-corrected chi connectivity index (χ2v) is 11.9. The molecule has 0 radical (unpaired) electrons. The van der Waals surface area contributed by atoms with Crippen molar-refractivity contribution in [2.24, 2.45) is 34.0 Å². The van der Waals surface area contributed by atoms with Gasteiger partial charge in [-0.15, -0.1) is 0 Å². The van der Waals surface area contributed by atoms with Gasteiger partial charge in [0, 0.05) is 16.7 Å². The lowest BCUT2D eigenvalue weighted by atomic mass is 9.36. The van der Waals surface area contributed by atoms with E-state index < -0.39 is 6.29 Å². The van der Waals surface area contributed by atoms with E-state index in [1.807, 2.05) is 12.1 Å². The molecule has 0 amide bonds. The molecule has 0 spiro atoms. The van der Waals surface area contributed by atoms with Gasteiger partial charge in [-0.25, -0.2) is 0 Å². The highest BCUT2D eigenvalue weighted by Gasteiger charge is 2.70. The third kappa shape index (κ3) is 2.25. The number of phenolic OH excluding ortho intramolecular Hbond substituents is 1. The van der Waals surface area contributed by atoms with Crippen LogP contribution in [-0.2, 0) is 11.2 Å². The van der Waals surface area contributed by atoms with Crippen molar-refractivity contribution < 1.29 is 19.7 Å². The minimum Gasteiger partial charge on any atom is -0.508 e. The van der Waals surface area contributed by atoms with Gasteiger partial charge in [-0.05, 0) is 92.9 Å². The lowest BCUT2D eigenvalue weighted by Crippen LogP contribution is -2.69. The fraction of sp³-hybridized carbons (Fsp3) is 0.769. The highest BCUT2D eigenvalue weighted by atomic mass is 16.6. The fourth-order valence-electron chi connectivity index (χ4n) is 9.32. The van der Waals surface area contributed by atoms with Crippen LogP contribution >= 0.6 is 0 Å². The zero-order valence-electron chi connectivity index (χ0n) is 18.6. The topological polar surface area (TPSA) is 58.9 Å². The molecule has 2 bridgehead atoms. The highest BCUT2D eigenvalue weighted by molar-refractivity contribution is 5.43. The molecule has 5 aliphatic rings. The quantitative estimate of drug-likeness (QED) is 0.626. The first-order chi connectivity index (χ1) is 14.2. The Kier molecular flexibility index (Phi) is 3.85. The van der Waals surface area contributed by atoms with Crippen LogP contribution in [-0.4, -0.2) is 28.7 Å². The van der Waals surface area contributed by atoms with Gasteiger partial charge in [0.2, 0.25) is 0 Å². The smallest absolute Gasteiger partial charge is 0.160 e. The largest absolute Gasteiger partial charge is 0.508 e. The number of aromatic hydroxyl groups is 1. The predicted molar refractivity (Wildman–Crippen MR) is 114 cm³/mol. The minimum atomic E-state index is -0.609. The summed E-state index contributed by atoms with van der Waals surface area (Å²) >= 11 is 0. The summed E-state index contributed by atoms with van der Waals surface area (Å²) in [4.78, 5) is 0. The van der Waals surface area contributed by atoms with E-state index in [-0.39, 0.29) is 21.8 Å². The van der Waals surface area contributed by atoms with Crippen molar-refractivity contribution in [3.8, 4) is 11.5 Å². The van der Waals surface area contributed by atoms with Crippen LogP contribution in [0, 0.1) is 34.0 Å². The highest BCUT2D eigenvalue weighted by Crippen LogP contribution is 2.72. The Morgan fingerprint density at radius 2 is 1.70 bits per heavy atom. The van der Waals surface area contributed by atoms with Gasteiger partial charge in [-0.1, -0.05) is 20.3 Å². The summed E-state index contributed by atoms with van der Waals surface area (Å²) in [5, 5.41) is 20.8. The fourth-order valence-corrected chi connectivity index (χ4v) is 9.32. The Morgan fingerprint density at radius 1 is 0.933 bits per heavy atom. The summed E-state index contributed by atoms with van der Waals surface area (Å²) in [6, 6.07) is 5.59. The van der Waals surface area contributed by atoms with Crippen LogP contribution in [0.3, 0.4) is 0 Å². The summed E-state index contributed by atoms with van der Waals surface area (Å²) in [6.07, 6.45) is 8.54. The van der Waals surface area contributed by atoms with Crippen LogP contribution in [0.15, 0.2) is 18.2 Å². The molecule has 1 aromatic carbocycles. The molecule has 2 heterocycles. The summed E-state index contributed by atoms with van der Waals surface area (Å²) in [6.45, 7) is 7.85. The lowest BCUT2D eigenvalue weighted by Gasteiger charge is -2.71. The van der Waals surface area contributed by atoms with Crippen molar-refractivity contribution in [2.45, 2.75) is 84.0 Å². The van der Waals surface area contributed by atoms with Crippen molar-refractivity contribution in [2.75, 3.05) is 6.61 Å². The minimum absolute atomic E-state index is 0.0972. The maximum atomic E-state index is 10.8. The number of aliphatic hydroxyl groups is 1. The number of rotatable bonds is 0. The number of benzene rings is 1. The van der Waals surface area contributed by atoms with Crippen LogP contribution in [0.5, 0.6) is 11.5 Å². The van der Waals surface area contributed by atoms with Gasteiger partial charge in [0.25, 0.3) is 0 Å². The van der Waals surface area contributed by atoms with Gasteiger partial charge in [-0.2, -0.15) is 0 Å². The van der Waals surface area contributed by atoms with E-state index >= 15 is 0 Å². The Balaban J connectivity index is 1.42. The van der Waals surface area contributed by atoms with Gasteiger partial charge in [-0.3, -0.25) is 0 Å². The Bertz CT molecular complexity index is 884. The molecule has 2 N–H and O–H groups in total. The molecule has 0 aromatic heterocycles. The average molecular weight is 413 g/mol. The summed E-state index contributed by atoms with van der Waals surface area (Å²) < 4.78 is 12.8. The summed E-state index contributed by atoms with van der Waals surface area (Å²) in [5.41, 5.74) is 1.30. The average Bonchev–Trinajstić information content (AvgIpc) is 2.70. The van der Waals surface area contributed by atoms with Crippen LogP contribution in [0.25, 0.3) is 0 Å². The van der Waals surface area contributed by atoms with E-state index in [9.17, 15) is 10.2 Å².